The van der Waals surface area contributed by atoms with E-state index in [9.17, 15) is 4.79 Å². The lowest BCUT2D eigenvalue weighted by Gasteiger charge is -2.63. The highest BCUT2D eigenvalue weighted by molar-refractivity contribution is 5.77. The van der Waals surface area contributed by atoms with E-state index in [0.29, 0.717) is 24.0 Å². The zero-order chi connectivity index (χ0) is 23.7. The van der Waals surface area contributed by atoms with Gasteiger partial charge in [-0.25, -0.2) is 0 Å². The molecule has 6 rings (SSSR count). The number of ether oxygens (including phenoxy) is 1. The van der Waals surface area contributed by atoms with E-state index >= 15 is 0 Å². The van der Waals surface area contributed by atoms with Gasteiger partial charge in [0.2, 0.25) is 5.91 Å². The van der Waals surface area contributed by atoms with Gasteiger partial charge in [0, 0.05) is 43.0 Å². The van der Waals surface area contributed by atoms with Gasteiger partial charge in [-0.15, -0.1) is 0 Å². The molecule has 34 heavy (non-hydrogen) atoms. The molecule has 1 aromatic carbocycles. The van der Waals surface area contributed by atoms with E-state index in [4.69, 9.17) is 4.74 Å². The Labute approximate surface area is 204 Å². The summed E-state index contributed by atoms with van der Waals surface area (Å²) in [4.78, 5) is 14.6. The van der Waals surface area contributed by atoms with Crippen LogP contribution < -0.4 is 4.74 Å². The second-order valence-electron chi connectivity index (χ2n) is 12.3. The molecule has 3 saturated carbocycles. The lowest BCUT2D eigenvalue weighted by Crippen LogP contribution is -2.63. The van der Waals surface area contributed by atoms with Gasteiger partial charge in [0.1, 0.15) is 11.9 Å². The molecule has 3 aliphatic carbocycles. The summed E-state index contributed by atoms with van der Waals surface area (Å²) in [6.45, 7) is 7.52. The highest BCUT2D eigenvalue weighted by Crippen LogP contribution is 2.66. The number of carbonyl (C=O) groups is 1. The van der Waals surface area contributed by atoms with Crippen molar-refractivity contribution >= 4 is 5.91 Å². The molecule has 1 aliphatic heterocycles. The van der Waals surface area contributed by atoms with Crippen molar-refractivity contribution in [3.8, 4) is 11.4 Å². The van der Waals surface area contributed by atoms with Crippen LogP contribution in [-0.2, 0) is 4.79 Å². The van der Waals surface area contributed by atoms with Gasteiger partial charge in [-0.05, 0) is 104 Å². The SMILES string of the molecule is CC1CC2N(C)C(=O)CC[C@]2(C)[C@@H]2CC[C@]3(C)C(Oc4ccc(-n5cccc5)cc4)CC[C@H]3[C@H]12. The summed E-state index contributed by atoms with van der Waals surface area (Å²) in [6, 6.07) is 13.1. The van der Waals surface area contributed by atoms with Crippen LogP contribution in [-0.4, -0.2) is 34.6 Å². The van der Waals surface area contributed by atoms with Crippen LogP contribution in [0.2, 0.25) is 0 Å². The van der Waals surface area contributed by atoms with Crippen LogP contribution in [0.4, 0.5) is 0 Å². The molecule has 4 nitrogen and oxygen atoms in total. The van der Waals surface area contributed by atoms with Gasteiger partial charge in [-0.1, -0.05) is 20.8 Å². The van der Waals surface area contributed by atoms with Gasteiger partial charge in [-0.3, -0.25) is 4.79 Å². The fourth-order valence-corrected chi connectivity index (χ4v) is 8.98. The summed E-state index contributed by atoms with van der Waals surface area (Å²) >= 11 is 0. The molecule has 4 aliphatic rings. The summed E-state index contributed by atoms with van der Waals surface area (Å²) in [5.74, 6) is 4.24. The van der Waals surface area contributed by atoms with Crippen molar-refractivity contribution in [2.24, 2.45) is 34.5 Å². The van der Waals surface area contributed by atoms with Gasteiger partial charge < -0.3 is 14.2 Å². The van der Waals surface area contributed by atoms with Gasteiger partial charge in [0.25, 0.3) is 0 Å². The molecule has 4 fully saturated rings. The summed E-state index contributed by atoms with van der Waals surface area (Å²) in [5, 5.41) is 0. The maximum Gasteiger partial charge on any atom is 0.222 e. The van der Waals surface area contributed by atoms with Gasteiger partial charge in [0.15, 0.2) is 0 Å². The second kappa shape index (κ2) is 7.90. The Morgan fingerprint density at radius 1 is 0.941 bits per heavy atom. The minimum absolute atomic E-state index is 0.244. The minimum atomic E-state index is 0.244. The highest BCUT2D eigenvalue weighted by atomic mass is 16.5. The third kappa shape index (κ3) is 3.20. The summed E-state index contributed by atoms with van der Waals surface area (Å²) in [6.07, 6.45) is 12.4. The first-order chi connectivity index (χ1) is 16.3. The molecule has 0 N–H and O–H groups in total. The van der Waals surface area contributed by atoms with E-state index in [2.05, 4.69) is 86.1 Å². The molecule has 3 unspecified atom stereocenters. The number of carbonyl (C=O) groups excluding carboxylic acids is 1. The molecular formula is C30H40N2O2. The number of rotatable bonds is 3. The first kappa shape index (κ1) is 22.2. The number of hydrogen-bond acceptors (Lipinski definition) is 2. The maximum absolute atomic E-state index is 12.5. The molecule has 4 heteroatoms. The summed E-state index contributed by atoms with van der Waals surface area (Å²) < 4.78 is 8.87. The normalized spacial score (nSPS) is 41.5. The third-order valence-corrected chi connectivity index (χ3v) is 10.9. The zero-order valence-electron chi connectivity index (χ0n) is 21.2. The van der Waals surface area contributed by atoms with E-state index < -0.39 is 0 Å². The number of hydrogen-bond donors (Lipinski definition) is 0. The van der Waals surface area contributed by atoms with Crippen LogP contribution in [0.25, 0.3) is 5.69 Å². The van der Waals surface area contributed by atoms with Gasteiger partial charge in [-0.2, -0.15) is 0 Å². The standard InChI is InChI=1S/C30H40N2O2/c1-20-19-25-29(2,16-14-27(33)31(25)4)24-13-15-30(3)23(28(20)24)11-12-26(30)34-22-9-7-21(8-10-22)32-17-5-6-18-32/h5-10,17-18,20,23-26,28H,11-16,19H2,1-4H3/t20?,23-,24+,25?,26?,28-,29+,30-/m0/s1. The number of piperidine rings is 1. The van der Waals surface area contributed by atoms with E-state index in [1.54, 1.807) is 0 Å². The lowest BCUT2D eigenvalue weighted by molar-refractivity contribution is -0.168. The van der Waals surface area contributed by atoms with Crippen LogP contribution in [0.15, 0.2) is 48.8 Å². The molecule has 0 radical (unpaired) electrons. The van der Waals surface area contributed by atoms with E-state index in [1.165, 1.54) is 31.4 Å². The van der Waals surface area contributed by atoms with E-state index in [1.807, 2.05) is 0 Å². The lowest BCUT2D eigenvalue weighted by atomic mass is 9.45. The minimum Gasteiger partial charge on any atom is -0.490 e. The van der Waals surface area contributed by atoms with Crippen LogP contribution in [0, 0.1) is 34.5 Å². The van der Waals surface area contributed by atoms with Gasteiger partial charge >= 0.3 is 0 Å². The second-order valence-corrected chi connectivity index (χ2v) is 12.3. The maximum atomic E-state index is 12.5. The highest BCUT2D eigenvalue weighted by Gasteiger charge is 2.63. The van der Waals surface area contributed by atoms with Crippen molar-refractivity contribution in [3.05, 3.63) is 48.8 Å². The van der Waals surface area contributed by atoms with Crippen molar-refractivity contribution in [1.29, 1.82) is 0 Å². The molecular weight excluding hydrogens is 420 g/mol. The van der Waals surface area contributed by atoms with Crippen LogP contribution in [0.1, 0.15) is 65.7 Å². The average Bonchev–Trinajstić information content (AvgIpc) is 3.47. The molecule has 8 atom stereocenters. The number of aromatic nitrogens is 1. The summed E-state index contributed by atoms with van der Waals surface area (Å²) in [7, 11) is 2.06. The van der Waals surface area contributed by atoms with E-state index in [0.717, 1.165) is 42.8 Å². The quantitative estimate of drug-likeness (QED) is 0.536. The number of benzene rings is 1. The Balaban J connectivity index is 1.22. The van der Waals surface area contributed by atoms with Crippen molar-refractivity contribution in [1.82, 2.24) is 9.47 Å². The van der Waals surface area contributed by atoms with Crippen molar-refractivity contribution in [2.75, 3.05) is 7.05 Å². The largest absolute Gasteiger partial charge is 0.490 e. The first-order valence-electron chi connectivity index (χ1n) is 13.5. The van der Waals surface area contributed by atoms with Crippen molar-refractivity contribution in [2.45, 2.75) is 77.9 Å². The molecule has 1 amide bonds. The predicted octanol–water partition coefficient (Wildman–Crippen LogP) is 6.33. The monoisotopic (exact) mass is 460 g/mol. The molecule has 1 saturated heterocycles. The van der Waals surface area contributed by atoms with Crippen LogP contribution in [0.3, 0.4) is 0 Å². The Hall–Kier alpha value is -2.23. The van der Waals surface area contributed by atoms with E-state index in [-0.39, 0.29) is 10.8 Å². The molecule has 0 bridgehead atoms. The van der Waals surface area contributed by atoms with Crippen LogP contribution >= 0.6 is 0 Å². The molecule has 1 aromatic heterocycles. The third-order valence-electron chi connectivity index (χ3n) is 10.9. The Bertz CT molecular complexity index is 1050. The fourth-order valence-electron chi connectivity index (χ4n) is 8.98. The zero-order valence-corrected chi connectivity index (χ0v) is 21.2. The number of nitrogens with zero attached hydrogens (tertiary/aromatic N) is 2. The smallest absolute Gasteiger partial charge is 0.222 e. The Morgan fingerprint density at radius 3 is 2.38 bits per heavy atom. The number of likely N-dealkylation sites (tertiary alicyclic amines) is 1. The predicted molar refractivity (Wildman–Crippen MR) is 135 cm³/mol. The van der Waals surface area contributed by atoms with Gasteiger partial charge in [0.05, 0.1) is 0 Å². The Kier molecular flexibility index (Phi) is 5.17. The molecule has 2 aromatic rings. The van der Waals surface area contributed by atoms with Crippen molar-refractivity contribution in [3.63, 3.8) is 0 Å². The average molecular weight is 461 g/mol. The van der Waals surface area contributed by atoms with Crippen LogP contribution in [0.5, 0.6) is 5.75 Å². The molecule has 2 heterocycles. The number of fused-ring (bicyclic) bond motifs is 5. The molecule has 0 spiro atoms. The first-order valence-corrected chi connectivity index (χ1v) is 13.5. The number of amides is 1. The van der Waals surface area contributed by atoms with Crippen molar-refractivity contribution < 1.29 is 9.53 Å². The topological polar surface area (TPSA) is 34.5 Å². The molecule has 182 valence electrons. The fraction of sp³-hybridized carbons (Fsp3) is 0.633. The Morgan fingerprint density at radius 2 is 1.65 bits per heavy atom. The summed E-state index contributed by atoms with van der Waals surface area (Å²) in [5.41, 5.74) is 1.69.